The molecule has 24 heavy (non-hydrogen) atoms. The molecule has 5 heteroatoms. The van der Waals surface area contributed by atoms with Crippen molar-refractivity contribution in [3.05, 3.63) is 40.8 Å². The van der Waals surface area contributed by atoms with Crippen LogP contribution in [0.15, 0.2) is 40.2 Å². The van der Waals surface area contributed by atoms with Gasteiger partial charge < -0.3 is 14.0 Å². The minimum Gasteiger partial charge on any atom is -0.493 e. The zero-order chi connectivity index (χ0) is 17.1. The monoisotopic (exact) mass is 345 g/mol. The first-order valence-corrected chi connectivity index (χ1v) is 9.25. The van der Waals surface area contributed by atoms with Crippen molar-refractivity contribution in [2.24, 2.45) is 13.0 Å². The number of hydrogen-bond acceptors (Lipinski definition) is 4. The number of pyridine rings is 1. The van der Waals surface area contributed by atoms with Gasteiger partial charge in [-0.15, -0.1) is 11.8 Å². The second kappa shape index (κ2) is 7.34. The van der Waals surface area contributed by atoms with E-state index in [1.54, 1.807) is 29.4 Å². The number of aromatic nitrogens is 1. The lowest BCUT2D eigenvalue weighted by Crippen LogP contribution is -2.17. The fourth-order valence-corrected chi connectivity index (χ4v) is 3.28. The summed E-state index contributed by atoms with van der Waals surface area (Å²) in [6, 6.07) is 8.06. The molecule has 1 saturated carbocycles. The van der Waals surface area contributed by atoms with Gasteiger partial charge in [0, 0.05) is 29.3 Å². The Morgan fingerprint density at radius 1 is 1.25 bits per heavy atom. The van der Waals surface area contributed by atoms with Crippen LogP contribution in [0.2, 0.25) is 0 Å². The van der Waals surface area contributed by atoms with Crippen molar-refractivity contribution in [3.8, 4) is 22.6 Å². The highest BCUT2D eigenvalue weighted by Gasteiger charge is 2.22. The molecule has 0 atom stereocenters. The van der Waals surface area contributed by atoms with Crippen LogP contribution in [0.3, 0.4) is 0 Å². The van der Waals surface area contributed by atoms with Crippen molar-refractivity contribution in [2.75, 3.05) is 19.5 Å². The van der Waals surface area contributed by atoms with Crippen LogP contribution in [0.4, 0.5) is 0 Å². The van der Waals surface area contributed by atoms with Gasteiger partial charge in [-0.2, -0.15) is 0 Å². The summed E-state index contributed by atoms with van der Waals surface area (Å²) in [6.07, 6.45) is 4.35. The molecule has 0 spiro atoms. The molecule has 0 aliphatic heterocycles. The summed E-state index contributed by atoms with van der Waals surface area (Å²) < 4.78 is 12.8. The summed E-state index contributed by atoms with van der Waals surface area (Å²) in [5, 5.41) is 0. The molecule has 1 heterocycles. The first-order chi connectivity index (χ1) is 11.6. The number of methoxy groups -OCH3 is 1. The average molecular weight is 345 g/mol. The molecule has 0 saturated heterocycles. The zero-order valence-electron chi connectivity index (χ0n) is 14.4. The third-order valence-electron chi connectivity index (χ3n) is 4.11. The molecule has 1 aliphatic carbocycles. The summed E-state index contributed by atoms with van der Waals surface area (Å²) >= 11 is 1.79. The minimum atomic E-state index is -0.138. The average Bonchev–Trinajstić information content (AvgIpc) is 3.40. The van der Waals surface area contributed by atoms with Gasteiger partial charge in [-0.3, -0.25) is 4.79 Å². The van der Waals surface area contributed by atoms with Crippen molar-refractivity contribution >= 4 is 11.8 Å². The first kappa shape index (κ1) is 17.0. The third kappa shape index (κ3) is 3.78. The van der Waals surface area contributed by atoms with E-state index in [0.717, 1.165) is 29.2 Å². The zero-order valence-corrected chi connectivity index (χ0v) is 15.2. The summed E-state index contributed by atoms with van der Waals surface area (Å²) in [5.41, 5.74) is 1.79. The maximum atomic E-state index is 12.1. The molecule has 1 aliphatic rings. The second-order valence-electron chi connectivity index (χ2n) is 6.06. The summed E-state index contributed by atoms with van der Waals surface area (Å²) in [4.78, 5) is 13.3. The fourth-order valence-electron chi connectivity index (χ4n) is 2.58. The Kier molecular flexibility index (Phi) is 5.19. The van der Waals surface area contributed by atoms with Crippen molar-refractivity contribution in [3.63, 3.8) is 0 Å². The largest absolute Gasteiger partial charge is 0.493 e. The maximum Gasteiger partial charge on any atom is 0.292 e. The van der Waals surface area contributed by atoms with E-state index in [0.29, 0.717) is 11.7 Å². The maximum absolute atomic E-state index is 12.1. The molecular weight excluding hydrogens is 322 g/mol. The van der Waals surface area contributed by atoms with Gasteiger partial charge in [-0.05, 0) is 48.8 Å². The fraction of sp³-hybridized carbons (Fsp3) is 0.421. The summed E-state index contributed by atoms with van der Waals surface area (Å²) in [5.74, 6) is 2.91. The van der Waals surface area contributed by atoms with Crippen LogP contribution in [-0.4, -0.2) is 24.0 Å². The van der Waals surface area contributed by atoms with Gasteiger partial charge in [0.1, 0.15) is 5.75 Å². The van der Waals surface area contributed by atoms with Gasteiger partial charge in [-0.1, -0.05) is 6.92 Å². The lowest BCUT2D eigenvalue weighted by atomic mass is 10.1. The highest BCUT2D eigenvalue weighted by atomic mass is 32.2. The predicted octanol–water partition coefficient (Wildman–Crippen LogP) is 3.96. The van der Waals surface area contributed by atoms with Crippen LogP contribution >= 0.6 is 11.8 Å². The standard InChI is InChI=1S/C19H23NO3S/c1-4-24-15-7-8-17(23-12-13-5-6-13)16(10-15)14-9-18(22-3)19(21)20(2)11-14/h7-11,13H,4-6,12H2,1-3H3. The van der Waals surface area contributed by atoms with Crippen LogP contribution in [-0.2, 0) is 7.05 Å². The minimum absolute atomic E-state index is 0.138. The third-order valence-corrected chi connectivity index (χ3v) is 4.99. The lowest BCUT2D eigenvalue weighted by molar-refractivity contribution is 0.301. The first-order valence-electron chi connectivity index (χ1n) is 8.27. The van der Waals surface area contributed by atoms with E-state index in [1.165, 1.54) is 24.8 Å². The molecule has 0 unspecified atom stereocenters. The molecule has 1 aromatic heterocycles. The Balaban J connectivity index is 2.03. The molecule has 0 N–H and O–H groups in total. The molecule has 2 aromatic rings. The second-order valence-corrected chi connectivity index (χ2v) is 7.40. The van der Waals surface area contributed by atoms with Gasteiger partial charge in [0.15, 0.2) is 5.75 Å². The Bertz CT molecular complexity index is 781. The number of hydrogen-bond donors (Lipinski definition) is 0. The quantitative estimate of drug-likeness (QED) is 0.712. The van der Waals surface area contributed by atoms with Crippen LogP contribution in [0.5, 0.6) is 11.5 Å². The van der Waals surface area contributed by atoms with Crippen molar-refractivity contribution < 1.29 is 9.47 Å². The highest BCUT2D eigenvalue weighted by Crippen LogP contribution is 2.36. The van der Waals surface area contributed by atoms with E-state index in [1.807, 2.05) is 12.3 Å². The number of ether oxygens (including phenoxy) is 2. The SMILES string of the molecule is CCSc1ccc(OCC2CC2)c(-c2cc(OC)c(=O)n(C)c2)c1. The van der Waals surface area contributed by atoms with Gasteiger partial charge in [0.05, 0.1) is 13.7 Å². The van der Waals surface area contributed by atoms with E-state index >= 15 is 0 Å². The van der Waals surface area contributed by atoms with Crippen molar-refractivity contribution in [1.29, 1.82) is 0 Å². The predicted molar refractivity (Wildman–Crippen MR) is 98.3 cm³/mol. The smallest absolute Gasteiger partial charge is 0.292 e. The Morgan fingerprint density at radius 2 is 2.04 bits per heavy atom. The molecule has 1 aromatic carbocycles. The summed E-state index contributed by atoms with van der Waals surface area (Å²) in [6.45, 7) is 2.90. The van der Waals surface area contributed by atoms with E-state index in [-0.39, 0.29) is 5.56 Å². The van der Waals surface area contributed by atoms with Gasteiger partial charge >= 0.3 is 0 Å². The molecular formula is C19H23NO3S. The van der Waals surface area contributed by atoms with Crippen molar-refractivity contribution in [1.82, 2.24) is 4.57 Å². The number of thioether (sulfide) groups is 1. The molecule has 1 fully saturated rings. The van der Waals surface area contributed by atoms with Crippen LogP contribution in [0.25, 0.3) is 11.1 Å². The van der Waals surface area contributed by atoms with Crippen molar-refractivity contribution in [2.45, 2.75) is 24.7 Å². The Labute approximate surface area is 146 Å². The van der Waals surface area contributed by atoms with Gasteiger partial charge in [-0.25, -0.2) is 0 Å². The topological polar surface area (TPSA) is 40.5 Å². The highest BCUT2D eigenvalue weighted by molar-refractivity contribution is 7.99. The van der Waals surface area contributed by atoms with E-state index in [4.69, 9.17) is 9.47 Å². The number of nitrogens with zero attached hydrogens (tertiary/aromatic N) is 1. The van der Waals surface area contributed by atoms with E-state index < -0.39 is 0 Å². The normalized spacial score (nSPS) is 13.8. The molecule has 0 amide bonds. The van der Waals surface area contributed by atoms with Gasteiger partial charge in [0.2, 0.25) is 0 Å². The van der Waals surface area contributed by atoms with Crippen LogP contribution in [0, 0.1) is 5.92 Å². The van der Waals surface area contributed by atoms with E-state index in [9.17, 15) is 4.79 Å². The Morgan fingerprint density at radius 3 is 2.71 bits per heavy atom. The molecule has 0 bridgehead atoms. The van der Waals surface area contributed by atoms with E-state index in [2.05, 4.69) is 19.1 Å². The van der Waals surface area contributed by atoms with Crippen LogP contribution < -0.4 is 15.0 Å². The number of aryl methyl sites for hydroxylation is 1. The molecule has 0 radical (unpaired) electrons. The number of rotatable bonds is 7. The molecule has 4 nitrogen and oxygen atoms in total. The lowest BCUT2D eigenvalue weighted by Gasteiger charge is -2.14. The Hall–Kier alpha value is -1.88. The molecule has 3 rings (SSSR count). The van der Waals surface area contributed by atoms with Crippen LogP contribution in [0.1, 0.15) is 19.8 Å². The molecule has 128 valence electrons. The summed E-state index contributed by atoms with van der Waals surface area (Å²) in [7, 11) is 3.26. The van der Waals surface area contributed by atoms with Gasteiger partial charge in [0.25, 0.3) is 5.56 Å². The number of benzene rings is 1.